The molecule has 0 amide bonds. The van der Waals surface area contributed by atoms with Crippen LogP contribution in [-0.4, -0.2) is 11.1 Å². The second-order valence-corrected chi connectivity index (χ2v) is 6.14. The molecule has 4 heteroatoms. The minimum absolute atomic E-state index is 0.119. The largest absolute Gasteiger partial charge is 0.481 e. The van der Waals surface area contributed by atoms with Crippen LogP contribution in [0, 0.1) is 5.41 Å². The van der Waals surface area contributed by atoms with E-state index in [0.29, 0.717) is 0 Å². The van der Waals surface area contributed by atoms with Crippen LogP contribution in [0.3, 0.4) is 0 Å². The molecule has 1 aliphatic rings. The van der Waals surface area contributed by atoms with E-state index < -0.39 is 11.4 Å². The summed E-state index contributed by atoms with van der Waals surface area (Å²) in [6.07, 6.45) is 0.731. The zero-order valence-electron chi connectivity index (χ0n) is 8.00. The van der Waals surface area contributed by atoms with E-state index in [-0.39, 0.29) is 5.41 Å². The van der Waals surface area contributed by atoms with Crippen molar-refractivity contribution in [2.24, 2.45) is 5.41 Å². The van der Waals surface area contributed by atoms with Crippen molar-refractivity contribution in [1.82, 2.24) is 0 Å². The summed E-state index contributed by atoms with van der Waals surface area (Å²) in [5, 5.41) is 11.3. The summed E-state index contributed by atoms with van der Waals surface area (Å²) in [5.41, 5.74) is -0.772. The van der Waals surface area contributed by atoms with E-state index in [4.69, 9.17) is 0 Å². The zero-order valence-corrected chi connectivity index (χ0v) is 10.4. The van der Waals surface area contributed by atoms with Crippen molar-refractivity contribution in [3.63, 3.8) is 0 Å². The van der Waals surface area contributed by atoms with Gasteiger partial charge >= 0.3 is 5.97 Å². The first-order valence-corrected chi connectivity index (χ1v) is 6.06. The van der Waals surface area contributed by atoms with Gasteiger partial charge in [0.15, 0.2) is 0 Å². The van der Waals surface area contributed by atoms with Crippen molar-refractivity contribution in [3.8, 4) is 0 Å². The van der Waals surface area contributed by atoms with Crippen LogP contribution in [0.15, 0.2) is 15.9 Å². The number of aliphatic carboxylic acids is 1. The topological polar surface area (TPSA) is 37.3 Å². The summed E-state index contributed by atoms with van der Waals surface area (Å²) >= 11 is 4.93. The molecule has 0 saturated heterocycles. The summed E-state index contributed by atoms with van der Waals surface area (Å²) in [6, 6.07) is 1.92. The molecule has 0 spiro atoms. The normalized spacial score (nSPS) is 28.8. The summed E-state index contributed by atoms with van der Waals surface area (Å²) in [5.74, 6) is -0.703. The van der Waals surface area contributed by atoms with Crippen LogP contribution in [0.1, 0.15) is 25.1 Å². The third-order valence-corrected chi connectivity index (χ3v) is 5.11. The van der Waals surface area contributed by atoms with E-state index in [9.17, 15) is 9.90 Å². The molecule has 1 fully saturated rings. The van der Waals surface area contributed by atoms with Gasteiger partial charge in [-0.15, -0.1) is 11.3 Å². The first-order valence-electron chi connectivity index (χ1n) is 4.39. The van der Waals surface area contributed by atoms with Crippen LogP contribution in [0.5, 0.6) is 0 Å². The van der Waals surface area contributed by atoms with Gasteiger partial charge in [-0.05, 0) is 39.2 Å². The van der Waals surface area contributed by atoms with E-state index >= 15 is 0 Å². The highest BCUT2D eigenvalue weighted by Crippen LogP contribution is 2.66. The molecule has 0 aliphatic heterocycles. The highest BCUT2D eigenvalue weighted by Gasteiger charge is 2.69. The van der Waals surface area contributed by atoms with Crippen LogP contribution in [-0.2, 0) is 10.2 Å². The number of carboxylic acid groups (broad SMARTS) is 1. The summed E-state index contributed by atoms with van der Waals surface area (Å²) in [7, 11) is 0. The van der Waals surface area contributed by atoms with Crippen LogP contribution >= 0.6 is 27.3 Å². The molecule has 1 N–H and O–H groups in total. The van der Waals surface area contributed by atoms with Crippen molar-refractivity contribution >= 4 is 33.2 Å². The molecule has 1 aromatic rings. The molecule has 76 valence electrons. The molecule has 1 heterocycles. The summed E-state index contributed by atoms with van der Waals surface area (Å²) in [4.78, 5) is 12.3. The van der Waals surface area contributed by atoms with Crippen LogP contribution in [0.2, 0.25) is 0 Å². The Balaban J connectivity index is 2.52. The maximum Gasteiger partial charge on any atom is 0.315 e. The molecule has 2 rings (SSSR count). The molecule has 1 aromatic heterocycles. The first-order chi connectivity index (χ1) is 6.42. The third kappa shape index (κ3) is 1.10. The lowest BCUT2D eigenvalue weighted by Gasteiger charge is -2.14. The molecule has 1 atom stereocenters. The summed E-state index contributed by atoms with van der Waals surface area (Å²) < 4.78 is 0.926. The maximum atomic E-state index is 11.3. The number of hydrogen-bond donors (Lipinski definition) is 1. The van der Waals surface area contributed by atoms with Crippen molar-refractivity contribution < 1.29 is 9.90 Å². The molecule has 1 aliphatic carbocycles. The molecular formula is C10H11BrO2S. The Hall–Kier alpha value is -0.350. The fraction of sp³-hybridized carbons (Fsp3) is 0.500. The number of carboxylic acids is 1. The van der Waals surface area contributed by atoms with Gasteiger partial charge in [-0.1, -0.05) is 13.8 Å². The van der Waals surface area contributed by atoms with Gasteiger partial charge in [0.2, 0.25) is 0 Å². The highest BCUT2D eigenvalue weighted by molar-refractivity contribution is 9.10. The first kappa shape index (κ1) is 10.2. The van der Waals surface area contributed by atoms with Crippen molar-refractivity contribution in [1.29, 1.82) is 0 Å². The van der Waals surface area contributed by atoms with E-state index in [1.165, 1.54) is 11.3 Å². The third-order valence-electron chi connectivity index (χ3n) is 3.11. The predicted molar refractivity (Wildman–Crippen MR) is 59.7 cm³/mol. The standard InChI is InChI=1S/C10H11BrO2S/c1-9(2)5-10(9,8(12)13)7-6(11)3-4-14-7/h3-4H,5H2,1-2H3,(H,12,13). The maximum absolute atomic E-state index is 11.3. The molecule has 0 aromatic carbocycles. The fourth-order valence-corrected chi connectivity index (χ4v) is 4.15. The number of carbonyl (C=O) groups is 1. The van der Waals surface area contributed by atoms with Crippen LogP contribution < -0.4 is 0 Å². The zero-order chi connectivity index (χ0) is 10.6. The number of hydrogen-bond acceptors (Lipinski definition) is 2. The summed E-state index contributed by atoms with van der Waals surface area (Å²) in [6.45, 7) is 4.01. The number of halogens is 1. The van der Waals surface area contributed by atoms with Gasteiger partial charge in [0, 0.05) is 9.35 Å². The van der Waals surface area contributed by atoms with Gasteiger partial charge in [0.25, 0.3) is 0 Å². The van der Waals surface area contributed by atoms with Crippen LogP contribution in [0.4, 0.5) is 0 Å². The quantitative estimate of drug-likeness (QED) is 0.899. The Morgan fingerprint density at radius 2 is 2.21 bits per heavy atom. The average Bonchev–Trinajstić information content (AvgIpc) is 2.44. The molecule has 0 bridgehead atoms. The van der Waals surface area contributed by atoms with Gasteiger partial charge in [-0.3, -0.25) is 4.79 Å². The van der Waals surface area contributed by atoms with Gasteiger partial charge in [0.1, 0.15) is 5.41 Å². The smallest absolute Gasteiger partial charge is 0.315 e. The monoisotopic (exact) mass is 274 g/mol. The van der Waals surface area contributed by atoms with Gasteiger partial charge in [-0.2, -0.15) is 0 Å². The molecular weight excluding hydrogens is 264 g/mol. The average molecular weight is 275 g/mol. The second kappa shape index (κ2) is 2.83. The van der Waals surface area contributed by atoms with Gasteiger partial charge in [-0.25, -0.2) is 0 Å². The Bertz CT molecular complexity index is 397. The lowest BCUT2D eigenvalue weighted by atomic mass is 9.94. The molecule has 0 radical (unpaired) electrons. The SMILES string of the molecule is CC1(C)CC1(C(=O)O)c1sccc1Br. The molecule has 2 nitrogen and oxygen atoms in total. The van der Waals surface area contributed by atoms with Gasteiger partial charge in [0.05, 0.1) is 0 Å². The Labute approximate surface area is 95.1 Å². The van der Waals surface area contributed by atoms with Crippen molar-refractivity contribution in [2.45, 2.75) is 25.7 Å². The minimum Gasteiger partial charge on any atom is -0.481 e. The van der Waals surface area contributed by atoms with E-state index in [0.717, 1.165) is 15.8 Å². The van der Waals surface area contributed by atoms with Crippen LogP contribution in [0.25, 0.3) is 0 Å². The Kier molecular flexibility index (Phi) is 2.05. The lowest BCUT2D eigenvalue weighted by molar-refractivity contribution is -0.140. The molecule has 1 saturated carbocycles. The predicted octanol–water partition coefficient (Wildman–Crippen LogP) is 3.26. The fourth-order valence-electron chi connectivity index (χ4n) is 2.07. The number of rotatable bonds is 2. The van der Waals surface area contributed by atoms with E-state index in [1.807, 2.05) is 25.3 Å². The molecule has 14 heavy (non-hydrogen) atoms. The van der Waals surface area contributed by atoms with E-state index in [2.05, 4.69) is 15.9 Å². The van der Waals surface area contributed by atoms with Crippen molar-refractivity contribution in [2.75, 3.05) is 0 Å². The molecule has 1 unspecified atom stereocenters. The van der Waals surface area contributed by atoms with E-state index in [1.54, 1.807) is 0 Å². The Morgan fingerprint density at radius 3 is 2.50 bits per heavy atom. The lowest BCUT2D eigenvalue weighted by Crippen LogP contribution is -2.24. The highest BCUT2D eigenvalue weighted by atomic mass is 79.9. The minimum atomic E-state index is -0.703. The van der Waals surface area contributed by atoms with Gasteiger partial charge < -0.3 is 5.11 Å². The second-order valence-electron chi connectivity index (χ2n) is 4.37. The Morgan fingerprint density at radius 1 is 1.64 bits per heavy atom. The number of thiophene rings is 1. The van der Waals surface area contributed by atoms with Crippen molar-refractivity contribution in [3.05, 3.63) is 20.8 Å².